The fourth-order valence-electron chi connectivity index (χ4n) is 2.69. The molecule has 6 heteroatoms. The number of alkyl halides is 1. The second-order valence-electron chi connectivity index (χ2n) is 5.79. The van der Waals surface area contributed by atoms with Crippen LogP contribution in [0.4, 0.5) is 0 Å². The van der Waals surface area contributed by atoms with Crippen molar-refractivity contribution in [1.82, 2.24) is 14.4 Å². The van der Waals surface area contributed by atoms with Gasteiger partial charge < -0.3 is 14.2 Å². The van der Waals surface area contributed by atoms with Gasteiger partial charge in [-0.3, -0.25) is 9.69 Å². The lowest BCUT2D eigenvalue weighted by atomic mass is 10.2. The van der Waals surface area contributed by atoms with Gasteiger partial charge in [0.05, 0.1) is 19.8 Å². The van der Waals surface area contributed by atoms with Crippen molar-refractivity contribution in [2.24, 2.45) is 7.05 Å². The molecule has 1 aromatic heterocycles. The summed E-state index contributed by atoms with van der Waals surface area (Å²) in [6.45, 7) is 7.67. The zero-order valence-electron chi connectivity index (χ0n) is 13.5. The number of morpholine rings is 1. The molecule has 1 aliphatic heterocycles. The molecule has 1 atom stereocenters. The molecule has 0 aromatic carbocycles. The molecule has 0 bridgehead atoms. The van der Waals surface area contributed by atoms with Crippen molar-refractivity contribution in [2.75, 3.05) is 39.4 Å². The van der Waals surface area contributed by atoms with Crippen LogP contribution in [-0.4, -0.2) is 65.0 Å². The maximum Gasteiger partial charge on any atom is 0.240 e. The van der Waals surface area contributed by atoms with Crippen LogP contribution in [0, 0.1) is 0 Å². The summed E-state index contributed by atoms with van der Waals surface area (Å²) >= 11 is 6.01. The number of aromatic nitrogens is 1. The highest BCUT2D eigenvalue weighted by Crippen LogP contribution is 2.10. The number of aryl methyl sites for hydroxylation is 1. The van der Waals surface area contributed by atoms with Gasteiger partial charge in [0.15, 0.2) is 0 Å². The highest BCUT2D eigenvalue weighted by molar-refractivity contribution is 6.30. The zero-order chi connectivity index (χ0) is 15.9. The normalized spacial score (nSPS) is 17.4. The Labute approximate surface area is 137 Å². The quantitative estimate of drug-likeness (QED) is 0.715. The molecule has 0 aliphatic carbocycles. The molecule has 22 heavy (non-hydrogen) atoms. The molecule has 1 aliphatic rings. The number of halogens is 1. The van der Waals surface area contributed by atoms with Gasteiger partial charge in [-0.1, -0.05) is 0 Å². The molecule has 1 saturated heterocycles. The fourth-order valence-corrected chi connectivity index (χ4v) is 2.82. The first-order valence-electron chi connectivity index (χ1n) is 7.91. The van der Waals surface area contributed by atoms with E-state index in [1.54, 1.807) is 6.92 Å². The lowest BCUT2D eigenvalue weighted by Gasteiger charge is -2.29. The summed E-state index contributed by atoms with van der Waals surface area (Å²) in [5.41, 5.74) is 1.12. The van der Waals surface area contributed by atoms with Crippen molar-refractivity contribution < 1.29 is 9.53 Å². The molecule has 1 aromatic rings. The molecule has 2 heterocycles. The Kier molecular flexibility index (Phi) is 6.73. The first-order chi connectivity index (χ1) is 10.6. The molecule has 1 fully saturated rings. The predicted molar refractivity (Wildman–Crippen MR) is 88.0 cm³/mol. The maximum absolute atomic E-state index is 12.3. The fraction of sp³-hybridized carbons (Fsp3) is 0.688. The summed E-state index contributed by atoms with van der Waals surface area (Å²) in [7, 11) is 2.00. The van der Waals surface area contributed by atoms with E-state index in [4.69, 9.17) is 16.3 Å². The molecular formula is C16H26ClN3O2. The van der Waals surface area contributed by atoms with Gasteiger partial charge in [-0.25, -0.2) is 0 Å². The summed E-state index contributed by atoms with van der Waals surface area (Å²) in [6, 6.07) is 4.04. The van der Waals surface area contributed by atoms with E-state index in [9.17, 15) is 4.79 Å². The molecule has 0 spiro atoms. The Hall–Kier alpha value is -1.04. The number of hydrogen-bond donors (Lipinski definition) is 0. The number of nitrogens with zero attached hydrogens (tertiary/aromatic N) is 3. The van der Waals surface area contributed by atoms with Crippen LogP contribution in [0.5, 0.6) is 0 Å². The van der Waals surface area contributed by atoms with Crippen LogP contribution < -0.4 is 0 Å². The molecule has 0 saturated carbocycles. The minimum absolute atomic E-state index is 0.00449. The first kappa shape index (κ1) is 17.3. The van der Waals surface area contributed by atoms with Crippen LogP contribution in [0.15, 0.2) is 18.3 Å². The molecule has 1 unspecified atom stereocenters. The van der Waals surface area contributed by atoms with E-state index in [-0.39, 0.29) is 5.91 Å². The van der Waals surface area contributed by atoms with Crippen molar-refractivity contribution in [1.29, 1.82) is 0 Å². The van der Waals surface area contributed by atoms with Gasteiger partial charge in [-0.05, 0) is 25.5 Å². The molecule has 1 amide bonds. The molecule has 5 nitrogen and oxygen atoms in total. The van der Waals surface area contributed by atoms with Crippen LogP contribution in [0.2, 0.25) is 0 Å². The largest absolute Gasteiger partial charge is 0.379 e. The number of carbonyl (C=O) groups is 1. The van der Waals surface area contributed by atoms with E-state index < -0.39 is 5.38 Å². The standard InChI is InChI=1S/C16H26ClN3O2/c1-14(17)16(21)20(13-15-5-3-6-18(15)2)8-4-7-19-9-11-22-12-10-19/h3,5-6,14H,4,7-13H2,1-2H3. The van der Waals surface area contributed by atoms with E-state index in [2.05, 4.69) is 4.90 Å². The topological polar surface area (TPSA) is 37.7 Å². The van der Waals surface area contributed by atoms with Crippen molar-refractivity contribution in [2.45, 2.75) is 25.3 Å². The monoisotopic (exact) mass is 327 g/mol. The van der Waals surface area contributed by atoms with Crippen molar-refractivity contribution in [3.63, 3.8) is 0 Å². The number of ether oxygens (including phenoxy) is 1. The zero-order valence-corrected chi connectivity index (χ0v) is 14.3. The second-order valence-corrected chi connectivity index (χ2v) is 6.45. The molecule has 2 rings (SSSR count). The third-order valence-corrected chi connectivity index (χ3v) is 4.25. The summed E-state index contributed by atoms with van der Waals surface area (Å²) in [4.78, 5) is 16.6. The summed E-state index contributed by atoms with van der Waals surface area (Å²) in [5, 5.41) is -0.483. The lowest BCUT2D eigenvalue weighted by Crippen LogP contribution is -2.40. The highest BCUT2D eigenvalue weighted by Gasteiger charge is 2.20. The predicted octanol–water partition coefficient (Wildman–Crippen LogP) is 1.70. The summed E-state index contributed by atoms with van der Waals surface area (Å²) in [6.07, 6.45) is 2.95. The Morgan fingerprint density at radius 3 is 2.77 bits per heavy atom. The van der Waals surface area contributed by atoms with Gasteiger partial charge in [0, 0.05) is 45.1 Å². The summed E-state index contributed by atoms with van der Waals surface area (Å²) in [5.74, 6) is 0.00449. The molecule has 0 radical (unpaired) electrons. The van der Waals surface area contributed by atoms with Gasteiger partial charge in [0.25, 0.3) is 0 Å². The van der Waals surface area contributed by atoms with E-state index in [0.29, 0.717) is 6.54 Å². The first-order valence-corrected chi connectivity index (χ1v) is 8.34. The van der Waals surface area contributed by atoms with Gasteiger partial charge >= 0.3 is 0 Å². The summed E-state index contributed by atoms with van der Waals surface area (Å²) < 4.78 is 7.40. The van der Waals surface area contributed by atoms with E-state index >= 15 is 0 Å². The average Bonchev–Trinajstić information content (AvgIpc) is 2.91. The Morgan fingerprint density at radius 1 is 1.45 bits per heavy atom. The van der Waals surface area contributed by atoms with E-state index in [1.165, 1.54) is 0 Å². The van der Waals surface area contributed by atoms with Gasteiger partial charge in [-0.15, -0.1) is 11.6 Å². The Morgan fingerprint density at radius 2 is 2.18 bits per heavy atom. The van der Waals surface area contributed by atoms with Crippen molar-refractivity contribution in [3.05, 3.63) is 24.0 Å². The molecule has 0 N–H and O–H groups in total. The maximum atomic E-state index is 12.3. The number of amides is 1. The van der Waals surface area contributed by atoms with E-state index in [1.807, 2.05) is 34.8 Å². The number of hydrogen-bond acceptors (Lipinski definition) is 3. The smallest absolute Gasteiger partial charge is 0.240 e. The lowest BCUT2D eigenvalue weighted by molar-refractivity contribution is -0.131. The average molecular weight is 328 g/mol. The molecule has 124 valence electrons. The van der Waals surface area contributed by atoms with Gasteiger partial charge in [-0.2, -0.15) is 0 Å². The van der Waals surface area contributed by atoms with Crippen LogP contribution in [0.1, 0.15) is 19.0 Å². The third-order valence-electron chi connectivity index (χ3n) is 4.06. The van der Waals surface area contributed by atoms with Crippen molar-refractivity contribution in [3.8, 4) is 0 Å². The molecular weight excluding hydrogens is 302 g/mol. The van der Waals surface area contributed by atoms with Crippen LogP contribution in [0.3, 0.4) is 0 Å². The third kappa shape index (κ3) is 5.00. The van der Waals surface area contributed by atoms with Gasteiger partial charge in [0.2, 0.25) is 5.91 Å². The minimum Gasteiger partial charge on any atom is -0.379 e. The van der Waals surface area contributed by atoms with Gasteiger partial charge in [0.1, 0.15) is 5.38 Å². The van der Waals surface area contributed by atoms with Crippen LogP contribution in [0.25, 0.3) is 0 Å². The van der Waals surface area contributed by atoms with Crippen molar-refractivity contribution >= 4 is 17.5 Å². The number of carbonyl (C=O) groups excluding carboxylic acids is 1. The van der Waals surface area contributed by atoms with Crippen LogP contribution in [-0.2, 0) is 23.1 Å². The SMILES string of the molecule is CC(Cl)C(=O)N(CCCN1CCOCC1)Cc1cccn1C. The minimum atomic E-state index is -0.483. The Bertz CT molecular complexity index is 470. The highest BCUT2D eigenvalue weighted by atomic mass is 35.5. The Balaban J connectivity index is 1.87. The second kappa shape index (κ2) is 8.56. The van der Waals surface area contributed by atoms with E-state index in [0.717, 1.165) is 51.5 Å². The number of rotatable bonds is 7. The van der Waals surface area contributed by atoms with Crippen LogP contribution >= 0.6 is 11.6 Å².